The lowest BCUT2D eigenvalue weighted by atomic mass is 10.2. The first kappa shape index (κ1) is 15.7. The van der Waals surface area contributed by atoms with E-state index < -0.39 is 20.7 Å². The van der Waals surface area contributed by atoms with E-state index in [4.69, 9.17) is 15.4 Å². The van der Waals surface area contributed by atoms with Crippen molar-refractivity contribution in [3.63, 3.8) is 0 Å². The summed E-state index contributed by atoms with van der Waals surface area (Å²) in [5.74, 6) is -0.997. The highest BCUT2D eigenvalue weighted by Crippen LogP contribution is 2.24. The second-order valence-corrected chi connectivity index (χ2v) is 6.97. The third-order valence-corrected chi connectivity index (χ3v) is 4.22. The van der Waals surface area contributed by atoms with Crippen molar-refractivity contribution in [2.24, 2.45) is 0 Å². The van der Waals surface area contributed by atoms with Crippen molar-refractivity contribution in [1.29, 1.82) is 0 Å². The molecule has 0 bridgehead atoms. The molecule has 0 fully saturated rings. The van der Waals surface area contributed by atoms with Gasteiger partial charge in [-0.15, -0.1) is 0 Å². The van der Waals surface area contributed by atoms with Gasteiger partial charge in [-0.3, -0.25) is 0 Å². The molecule has 0 aliphatic rings. The molecule has 0 amide bonds. The zero-order chi connectivity index (χ0) is 15.6. The molecule has 0 heterocycles. The number of benzene rings is 2. The van der Waals surface area contributed by atoms with Gasteiger partial charge in [0.1, 0.15) is 24.0 Å². The van der Waals surface area contributed by atoms with Crippen LogP contribution in [-0.2, 0) is 15.7 Å². The minimum absolute atomic E-state index is 0.00619. The SMILES string of the molecule is Cc1cc(OCc2cc(F)cc(F)c2)ccc1S(=O)(=O)Cl. The van der Waals surface area contributed by atoms with Crippen LogP contribution in [0.2, 0.25) is 0 Å². The van der Waals surface area contributed by atoms with Crippen molar-refractivity contribution in [2.75, 3.05) is 0 Å². The monoisotopic (exact) mass is 332 g/mol. The molecular formula is C14H11ClF2O3S. The van der Waals surface area contributed by atoms with E-state index in [1.807, 2.05) is 0 Å². The molecular weight excluding hydrogens is 322 g/mol. The molecule has 3 nitrogen and oxygen atoms in total. The number of aryl methyl sites for hydroxylation is 1. The largest absolute Gasteiger partial charge is 0.489 e. The van der Waals surface area contributed by atoms with Crippen LogP contribution in [0.25, 0.3) is 0 Å². The highest BCUT2D eigenvalue weighted by atomic mass is 35.7. The van der Waals surface area contributed by atoms with Gasteiger partial charge in [-0.1, -0.05) is 0 Å². The molecule has 0 unspecified atom stereocenters. The lowest BCUT2D eigenvalue weighted by molar-refractivity contribution is 0.304. The van der Waals surface area contributed by atoms with E-state index in [1.54, 1.807) is 6.92 Å². The summed E-state index contributed by atoms with van der Waals surface area (Å²) >= 11 is 0. The highest BCUT2D eigenvalue weighted by Gasteiger charge is 2.13. The summed E-state index contributed by atoms with van der Waals surface area (Å²) < 4.78 is 54.0. The van der Waals surface area contributed by atoms with Crippen molar-refractivity contribution in [1.82, 2.24) is 0 Å². The predicted molar refractivity (Wildman–Crippen MR) is 74.9 cm³/mol. The predicted octanol–water partition coefficient (Wildman–Crippen LogP) is 3.78. The Balaban J connectivity index is 2.16. The third kappa shape index (κ3) is 4.15. The first-order valence-corrected chi connectivity index (χ1v) is 8.20. The van der Waals surface area contributed by atoms with Crippen molar-refractivity contribution in [2.45, 2.75) is 18.4 Å². The van der Waals surface area contributed by atoms with Crippen molar-refractivity contribution in [3.05, 3.63) is 59.2 Å². The Morgan fingerprint density at radius 3 is 2.24 bits per heavy atom. The summed E-state index contributed by atoms with van der Waals surface area (Å²) in [6.45, 7) is 1.53. The van der Waals surface area contributed by atoms with E-state index in [2.05, 4.69) is 0 Å². The van der Waals surface area contributed by atoms with Gasteiger partial charge in [0.2, 0.25) is 0 Å². The maximum atomic E-state index is 13.0. The molecule has 0 aliphatic heterocycles. The van der Waals surface area contributed by atoms with Gasteiger partial charge in [-0.2, -0.15) is 0 Å². The van der Waals surface area contributed by atoms with Crippen LogP contribution >= 0.6 is 10.7 Å². The van der Waals surface area contributed by atoms with Gasteiger partial charge in [0, 0.05) is 16.7 Å². The van der Waals surface area contributed by atoms with Crippen LogP contribution in [-0.4, -0.2) is 8.42 Å². The standard InChI is InChI=1S/C14H11ClF2O3S/c1-9-4-13(2-3-14(9)21(15,18)19)20-8-10-5-11(16)7-12(17)6-10/h2-7H,8H2,1H3. The van der Waals surface area contributed by atoms with Crippen LogP contribution < -0.4 is 4.74 Å². The van der Waals surface area contributed by atoms with Gasteiger partial charge in [-0.05, 0) is 48.4 Å². The molecule has 0 saturated carbocycles. The fourth-order valence-corrected chi connectivity index (χ4v) is 3.04. The summed E-state index contributed by atoms with van der Waals surface area (Å²) in [6.07, 6.45) is 0. The number of ether oxygens (including phenoxy) is 1. The Kier molecular flexibility index (Phi) is 4.49. The van der Waals surface area contributed by atoms with Gasteiger partial charge >= 0.3 is 0 Å². The van der Waals surface area contributed by atoms with E-state index in [0.29, 0.717) is 16.9 Å². The minimum atomic E-state index is -3.81. The summed E-state index contributed by atoms with van der Waals surface area (Å²) in [5, 5.41) is 0. The molecule has 2 aromatic carbocycles. The van der Waals surface area contributed by atoms with Gasteiger partial charge in [-0.25, -0.2) is 17.2 Å². The van der Waals surface area contributed by atoms with Crippen LogP contribution in [0.5, 0.6) is 5.75 Å². The molecule has 0 atom stereocenters. The summed E-state index contributed by atoms with van der Waals surface area (Å²) in [6, 6.07) is 7.33. The molecule has 0 radical (unpaired) electrons. The van der Waals surface area contributed by atoms with E-state index in [1.165, 1.54) is 18.2 Å². The number of halogens is 3. The number of hydrogen-bond donors (Lipinski definition) is 0. The maximum absolute atomic E-state index is 13.0. The second-order valence-electron chi connectivity index (χ2n) is 4.43. The zero-order valence-electron chi connectivity index (χ0n) is 10.9. The average Bonchev–Trinajstić information content (AvgIpc) is 2.33. The van der Waals surface area contributed by atoms with Gasteiger partial charge in [0.15, 0.2) is 0 Å². The number of hydrogen-bond acceptors (Lipinski definition) is 3. The van der Waals surface area contributed by atoms with Gasteiger partial charge in [0.05, 0.1) is 4.90 Å². The van der Waals surface area contributed by atoms with E-state index in [0.717, 1.165) is 18.2 Å². The normalized spacial score (nSPS) is 11.4. The molecule has 7 heteroatoms. The fraction of sp³-hybridized carbons (Fsp3) is 0.143. The molecule has 21 heavy (non-hydrogen) atoms. The Hall–Kier alpha value is -1.66. The van der Waals surface area contributed by atoms with E-state index >= 15 is 0 Å². The van der Waals surface area contributed by atoms with Crippen LogP contribution in [0.3, 0.4) is 0 Å². The topological polar surface area (TPSA) is 43.4 Å². The summed E-state index contributed by atoms with van der Waals surface area (Å²) in [7, 11) is 1.46. The van der Waals surface area contributed by atoms with Crippen LogP contribution in [0, 0.1) is 18.6 Å². The van der Waals surface area contributed by atoms with Crippen molar-refractivity contribution >= 4 is 19.7 Å². The Morgan fingerprint density at radius 1 is 1.10 bits per heavy atom. The maximum Gasteiger partial charge on any atom is 0.261 e. The highest BCUT2D eigenvalue weighted by molar-refractivity contribution is 8.13. The van der Waals surface area contributed by atoms with E-state index in [-0.39, 0.29) is 11.5 Å². The summed E-state index contributed by atoms with van der Waals surface area (Å²) in [4.78, 5) is -0.00619. The lowest BCUT2D eigenvalue weighted by Gasteiger charge is -2.09. The van der Waals surface area contributed by atoms with Gasteiger partial charge < -0.3 is 4.74 Å². The molecule has 0 spiro atoms. The first-order valence-electron chi connectivity index (χ1n) is 5.89. The zero-order valence-corrected chi connectivity index (χ0v) is 12.5. The van der Waals surface area contributed by atoms with E-state index in [9.17, 15) is 17.2 Å². The second kappa shape index (κ2) is 5.99. The third-order valence-electron chi connectivity index (χ3n) is 2.74. The fourth-order valence-electron chi connectivity index (χ4n) is 1.85. The van der Waals surface area contributed by atoms with Gasteiger partial charge in [0.25, 0.3) is 9.05 Å². The van der Waals surface area contributed by atoms with Crippen LogP contribution in [0.4, 0.5) is 8.78 Å². The first-order chi connectivity index (χ1) is 9.75. The van der Waals surface area contributed by atoms with Crippen LogP contribution in [0.1, 0.15) is 11.1 Å². The smallest absolute Gasteiger partial charge is 0.261 e. The number of rotatable bonds is 4. The molecule has 0 N–H and O–H groups in total. The molecule has 0 saturated heterocycles. The molecule has 112 valence electrons. The Bertz CT molecular complexity index is 756. The Morgan fingerprint density at radius 2 is 1.71 bits per heavy atom. The molecule has 2 aromatic rings. The summed E-state index contributed by atoms with van der Waals surface area (Å²) in [5.41, 5.74) is 0.757. The van der Waals surface area contributed by atoms with Crippen molar-refractivity contribution < 1.29 is 21.9 Å². The Labute approximate surface area is 125 Å². The molecule has 0 aliphatic carbocycles. The van der Waals surface area contributed by atoms with Crippen molar-refractivity contribution in [3.8, 4) is 5.75 Å². The quantitative estimate of drug-likeness (QED) is 0.800. The molecule has 2 rings (SSSR count). The van der Waals surface area contributed by atoms with Crippen LogP contribution in [0.15, 0.2) is 41.3 Å². The minimum Gasteiger partial charge on any atom is -0.489 e. The lowest BCUT2D eigenvalue weighted by Crippen LogP contribution is -1.99. The molecule has 0 aromatic heterocycles. The average molecular weight is 333 g/mol.